The Morgan fingerprint density at radius 1 is 0.950 bits per heavy atom. The number of benzene rings is 2. The third kappa shape index (κ3) is 3.07. The Balaban J connectivity index is 1.60. The van der Waals surface area contributed by atoms with Gasteiger partial charge in [-0.3, -0.25) is 0 Å². The highest BCUT2D eigenvalue weighted by Crippen LogP contribution is 2.33. The third-order valence-electron chi connectivity index (χ3n) is 3.87. The first-order chi connectivity index (χ1) is 9.83. The molecule has 2 aromatic carbocycles. The first-order valence-electron chi connectivity index (χ1n) is 7.12. The number of hydrogen-bond donors (Lipinski definition) is 0. The minimum Gasteiger partial charge on any atom is -0.483 e. The van der Waals surface area contributed by atoms with Crippen LogP contribution in [0.5, 0.6) is 0 Å². The zero-order valence-corrected chi connectivity index (χ0v) is 12.2. The molecule has 0 amide bonds. The monoisotopic (exact) mass is 282 g/mol. The van der Waals surface area contributed by atoms with Crippen molar-refractivity contribution in [3.05, 3.63) is 71.8 Å². The van der Waals surface area contributed by atoms with E-state index in [1.807, 2.05) is 6.07 Å². The molecule has 102 valence electrons. The van der Waals surface area contributed by atoms with Crippen LogP contribution in [0.15, 0.2) is 60.7 Å². The molecule has 1 fully saturated rings. The van der Waals surface area contributed by atoms with Crippen LogP contribution in [-0.4, -0.2) is 11.2 Å². The number of rotatable bonds is 4. The van der Waals surface area contributed by atoms with E-state index < -0.39 is 0 Å². The molecular formula is C18H18OS. The van der Waals surface area contributed by atoms with Gasteiger partial charge in [0, 0.05) is 0 Å². The molecule has 0 aromatic heterocycles. The average Bonchev–Trinajstić information content (AvgIpc) is 2.88. The molecule has 0 aliphatic carbocycles. The van der Waals surface area contributed by atoms with E-state index in [2.05, 4.69) is 54.6 Å². The number of aryl methyl sites for hydroxylation is 1. The summed E-state index contributed by atoms with van der Waals surface area (Å²) in [6.45, 7) is 0. The first kappa shape index (κ1) is 13.3. The highest BCUT2D eigenvalue weighted by atomic mass is 32.1. The van der Waals surface area contributed by atoms with Crippen LogP contribution in [0.4, 0.5) is 0 Å². The summed E-state index contributed by atoms with van der Waals surface area (Å²) in [6, 6.07) is 21.0. The van der Waals surface area contributed by atoms with Crippen molar-refractivity contribution in [2.75, 3.05) is 0 Å². The van der Waals surface area contributed by atoms with Crippen molar-refractivity contribution in [3.8, 4) is 0 Å². The molecule has 2 unspecified atom stereocenters. The minimum absolute atomic E-state index is 0.257. The van der Waals surface area contributed by atoms with Gasteiger partial charge in [0.15, 0.2) is 5.05 Å². The van der Waals surface area contributed by atoms with Gasteiger partial charge in [0.1, 0.15) is 6.10 Å². The molecule has 0 saturated carbocycles. The van der Waals surface area contributed by atoms with Crippen LogP contribution in [0.25, 0.3) is 0 Å². The maximum Gasteiger partial charge on any atom is 0.167 e. The molecule has 1 saturated heterocycles. The molecule has 0 N–H and O–H groups in total. The smallest absolute Gasteiger partial charge is 0.167 e. The van der Waals surface area contributed by atoms with Crippen molar-refractivity contribution in [2.45, 2.75) is 31.3 Å². The van der Waals surface area contributed by atoms with E-state index in [0.717, 1.165) is 24.3 Å². The van der Waals surface area contributed by atoms with E-state index in [1.165, 1.54) is 11.1 Å². The van der Waals surface area contributed by atoms with E-state index in [4.69, 9.17) is 17.0 Å². The molecule has 0 spiro atoms. The van der Waals surface area contributed by atoms with Gasteiger partial charge < -0.3 is 4.74 Å². The predicted octanol–water partition coefficient (Wildman–Crippen LogP) is 4.52. The van der Waals surface area contributed by atoms with Crippen molar-refractivity contribution in [3.63, 3.8) is 0 Å². The van der Waals surface area contributed by atoms with Gasteiger partial charge in [-0.05, 0) is 42.6 Å². The average molecular weight is 282 g/mol. The van der Waals surface area contributed by atoms with Gasteiger partial charge in [-0.2, -0.15) is 0 Å². The Morgan fingerprint density at radius 2 is 1.60 bits per heavy atom. The molecule has 2 heteroatoms. The normalized spacial score (nSPS) is 21.7. The Kier molecular flexibility index (Phi) is 4.12. The molecule has 0 bridgehead atoms. The van der Waals surface area contributed by atoms with Gasteiger partial charge in [-0.15, -0.1) is 0 Å². The van der Waals surface area contributed by atoms with Gasteiger partial charge in [0.25, 0.3) is 0 Å². The highest BCUT2D eigenvalue weighted by Gasteiger charge is 2.31. The van der Waals surface area contributed by atoms with Crippen LogP contribution < -0.4 is 0 Å². The van der Waals surface area contributed by atoms with Crippen molar-refractivity contribution in [1.29, 1.82) is 0 Å². The number of hydrogen-bond acceptors (Lipinski definition) is 2. The second-order valence-corrected chi connectivity index (χ2v) is 5.68. The van der Waals surface area contributed by atoms with Crippen LogP contribution >= 0.6 is 12.2 Å². The van der Waals surface area contributed by atoms with E-state index in [0.29, 0.717) is 0 Å². The zero-order valence-electron chi connectivity index (χ0n) is 11.4. The van der Waals surface area contributed by atoms with Crippen LogP contribution in [0.1, 0.15) is 29.9 Å². The van der Waals surface area contributed by atoms with Crippen LogP contribution in [0.2, 0.25) is 0 Å². The van der Waals surface area contributed by atoms with Gasteiger partial charge in [-0.25, -0.2) is 0 Å². The largest absolute Gasteiger partial charge is 0.483 e. The number of thiocarbonyl (C=S) groups is 1. The van der Waals surface area contributed by atoms with Gasteiger partial charge >= 0.3 is 0 Å². The van der Waals surface area contributed by atoms with E-state index in [-0.39, 0.29) is 12.0 Å². The SMILES string of the molecule is S=C1OC(CCc2ccccc2)CC1c1ccccc1. The summed E-state index contributed by atoms with van der Waals surface area (Å²) in [5.41, 5.74) is 2.64. The standard InChI is InChI=1S/C18H18OS/c20-18-17(15-9-5-2-6-10-15)13-16(19-18)12-11-14-7-3-1-4-8-14/h1-10,16-17H,11-13H2. The molecule has 0 radical (unpaired) electrons. The Labute approximate surface area is 125 Å². The van der Waals surface area contributed by atoms with Crippen molar-refractivity contribution in [1.82, 2.24) is 0 Å². The lowest BCUT2D eigenvalue weighted by Gasteiger charge is -2.09. The minimum atomic E-state index is 0.257. The Morgan fingerprint density at radius 3 is 2.30 bits per heavy atom. The summed E-state index contributed by atoms with van der Waals surface area (Å²) in [7, 11) is 0. The van der Waals surface area contributed by atoms with Crippen molar-refractivity contribution in [2.24, 2.45) is 0 Å². The lowest BCUT2D eigenvalue weighted by atomic mass is 9.94. The molecule has 1 heterocycles. The molecule has 1 nitrogen and oxygen atoms in total. The molecule has 3 rings (SSSR count). The Bertz CT molecular complexity index is 564. The van der Waals surface area contributed by atoms with Gasteiger partial charge in [-0.1, -0.05) is 60.7 Å². The fourth-order valence-electron chi connectivity index (χ4n) is 2.76. The second kappa shape index (κ2) is 6.19. The summed E-state index contributed by atoms with van der Waals surface area (Å²) in [5, 5.41) is 0.759. The molecule has 1 aliphatic rings. The molecule has 2 atom stereocenters. The van der Waals surface area contributed by atoms with Crippen LogP contribution in [0.3, 0.4) is 0 Å². The fraction of sp³-hybridized carbons (Fsp3) is 0.278. The quantitative estimate of drug-likeness (QED) is 0.763. The Hall–Kier alpha value is -1.67. The summed E-state index contributed by atoms with van der Waals surface area (Å²) in [4.78, 5) is 0. The summed E-state index contributed by atoms with van der Waals surface area (Å²) in [5.74, 6) is 0.284. The topological polar surface area (TPSA) is 9.23 Å². The lowest BCUT2D eigenvalue weighted by Crippen LogP contribution is -2.07. The second-order valence-electron chi connectivity index (χ2n) is 5.28. The molecule has 1 aliphatic heterocycles. The number of ether oxygens (including phenoxy) is 1. The zero-order chi connectivity index (χ0) is 13.8. The van der Waals surface area contributed by atoms with Crippen molar-refractivity contribution < 1.29 is 4.74 Å². The third-order valence-corrected chi connectivity index (χ3v) is 4.25. The van der Waals surface area contributed by atoms with E-state index >= 15 is 0 Å². The van der Waals surface area contributed by atoms with E-state index in [9.17, 15) is 0 Å². The maximum absolute atomic E-state index is 5.88. The molecular weight excluding hydrogens is 264 g/mol. The predicted molar refractivity (Wildman–Crippen MR) is 86.0 cm³/mol. The fourth-order valence-corrected chi connectivity index (χ4v) is 3.13. The first-order valence-corrected chi connectivity index (χ1v) is 7.53. The van der Waals surface area contributed by atoms with Crippen LogP contribution in [-0.2, 0) is 11.2 Å². The summed E-state index contributed by atoms with van der Waals surface area (Å²) >= 11 is 5.41. The maximum atomic E-state index is 5.88. The molecule has 2 aromatic rings. The van der Waals surface area contributed by atoms with Gasteiger partial charge in [0.2, 0.25) is 0 Å². The van der Waals surface area contributed by atoms with E-state index in [1.54, 1.807) is 0 Å². The van der Waals surface area contributed by atoms with Gasteiger partial charge in [0.05, 0.1) is 5.92 Å². The summed E-state index contributed by atoms with van der Waals surface area (Å²) in [6.07, 6.45) is 3.35. The lowest BCUT2D eigenvalue weighted by molar-refractivity contribution is 0.212. The van der Waals surface area contributed by atoms with Crippen LogP contribution in [0, 0.1) is 0 Å². The highest BCUT2D eigenvalue weighted by molar-refractivity contribution is 7.80. The van der Waals surface area contributed by atoms with Crippen molar-refractivity contribution >= 4 is 17.3 Å². The molecule has 20 heavy (non-hydrogen) atoms. The summed E-state index contributed by atoms with van der Waals surface area (Å²) < 4.78 is 5.88.